The van der Waals surface area contributed by atoms with Crippen LogP contribution >= 0.6 is 11.3 Å². The summed E-state index contributed by atoms with van der Waals surface area (Å²) in [4.78, 5) is 2.84. The second-order valence-corrected chi connectivity index (χ2v) is 4.55. The normalized spacial score (nSPS) is 10.8. The van der Waals surface area contributed by atoms with Crippen LogP contribution in [0.4, 0.5) is 0 Å². The molecular formula is C11H20N2OS. The molecule has 0 unspecified atom stereocenters. The van der Waals surface area contributed by atoms with Crippen LogP contribution < -0.4 is 11.1 Å². The van der Waals surface area contributed by atoms with Gasteiger partial charge in [0.05, 0.1) is 13.2 Å². The van der Waals surface area contributed by atoms with E-state index in [0.29, 0.717) is 13.2 Å². The van der Waals surface area contributed by atoms with Crippen LogP contribution in [-0.2, 0) is 17.7 Å². The fraction of sp³-hybridized carbons (Fsp3) is 0.636. The maximum absolute atomic E-state index is 5.31. The van der Waals surface area contributed by atoms with Gasteiger partial charge in [0.2, 0.25) is 0 Å². The van der Waals surface area contributed by atoms with Gasteiger partial charge in [0, 0.05) is 29.4 Å². The molecule has 0 spiro atoms. The Morgan fingerprint density at radius 2 is 2.13 bits per heavy atom. The molecule has 0 fully saturated rings. The number of ether oxygens (including phenoxy) is 1. The number of nitrogens with one attached hydrogen (secondary N) is 1. The van der Waals surface area contributed by atoms with E-state index in [0.717, 1.165) is 26.1 Å². The highest BCUT2D eigenvalue weighted by atomic mass is 32.1. The van der Waals surface area contributed by atoms with Gasteiger partial charge in [-0.25, -0.2) is 0 Å². The number of nitrogens with two attached hydrogens (primary N) is 1. The lowest BCUT2D eigenvalue weighted by Gasteiger charge is -2.03. The summed E-state index contributed by atoms with van der Waals surface area (Å²) in [6, 6.07) is 4.39. The Balaban J connectivity index is 2.04. The van der Waals surface area contributed by atoms with Gasteiger partial charge in [-0.2, -0.15) is 0 Å². The molecule has 0 aromatic carbocycles. The SMILES string of the molecule is CCc1ccc(CNCCOCCN)s1. The van der Waals surface area contributed by atoms with Crippen LogP contribution in [-0.4, -0.2) is 26.3 Å². The minimum Gasteiger partial charge on any atom is -0.379 e. The predicted molar refractivity (Wildman–Crippen MR) is 65.3 cm³/mol. The molecule has 1 heterocycles. The minimum absolute atomic E-state index is 0.602. The second kappa shape index (κ2) is 7.82. The van der Waals surface area contributed by atoms with Crippen LogP contribution in [0.1, 0.15) is 16.7 Å². The third kappa shape index (κ3) is 5.28. The van der Waals surface area contributed by atoms with Crippen LogP contribution in [0.3, 0.4) is 0 Å². The van der Waals surface area contributed by atoms with E-state index in [4.69, 9.17) is 10.5 Å². The molecule has 1 aromatic heterocycles. The van der Waals surface area contributed by atoms with E-state index in [9.17, 15) is 0 Å². The Morgan fingerprint density at radius 1 is 1.33 bits per heavy atom. The summed E-state index contributed by atoms with van der Waals surface area (Å²) in [6.07, 6.45) is 1.13. The summed E-state index contributed by atoms with van der Waals surface area (Å²) in [6.45, 7) is 6.01. The molecule has 15 heavy (non-hydrogen) atoms. The van der Waals surface area contributed by atoms with Gasteiger partial charge >= 0.3 is 0 Å². The second-order valence-electron chi connectivity index (χ2n) is 3.30. The molecule has 0 aliphatic carbocycles. The molecule has 1 aromatic rings. The first-order chi connectivity index (χ1) is 7.36. The van der Waals surface area contributed by atoms with Crippen molar-refractivity contribution in [2.24, 2.45) is 5.73 Å². The Bertz CT molecular complexity index is 263. The maximum Gasteiger partial charge on any atom is 0.0591 e. The van der Waals surface area contributed by atoms with E-state index in [1.807, 2.05) is 11.3 Å². The molecule has 0 saturated heterocycles. The number of rotatable bonds is 8. The molecule has 0 bridgehead atoms. The van der Waals surface area contributed by atoms with Gasteiger partial charge in [-0.05, 0) is 18.6 Å². The van der Waals surface area contributed by atoms with Crippen molar-refractivity contribution in [3.05, 3.63) is 21.9 Å². The standard InChI is InChI=1S/C11H20N2OS/c1-2-10-3-4-11(15-10)9-13-6-8-14-7-5-12/h3-4,13H,2,5-9,12H2,1H3. The summed E-state index contributed by atoms with van der Waals surface area (Å²) in [5.74, 6) is 0. The monoisotopic (exact) mass is 228 g/mol. The highest BCUT2D eigenvalue weighted by molar-refractivity contribution is 7.11. The molecule has 0 atom stereocenters. The van der Waals surface area contributed by atoms with Gasteiger partial charge < -0.3 is 15.8 Å². The Labute approximate surface area is 95.6 Å². The van der Waals surface area contributed by atoms with Crippen molar-refractivity contribution >= 4 is 11.3 Å². The van der Waals surface area contributed by atoms with Crippen molar-refractivity contribution in [1.82, 2.24) is 5.32 Å². The molecule has 0 saturated carbocycles. The Hall–Kier alpha value is -0.420. The van der Waals surface area contributed by atoms with E-state index in [1.165, 1.54) is 9.75 Å². The van der Waals surface area contributed by atoms with Gasteiger partial charge in [-0.1, -0.05) is 6.92 Å². The molecule has 0 radical (unpaired) electrons. The van der Waals surface area contributed by atoms with Crippen molar-refractivity contribution in [2.75, 3.05) is 26.3 Å². The van der Waals surface area contributed by atoms with E-state index >= 15 is 0 Å². The van der Waals surface area contributed by atoms with Gasteiger partial charge in [0.15, 0.2) is 0 Å². The number of aryl methyl sites for hydroxylation is 1. The lowest BCUT2D eigenvalue weighted by atomic mass is 10.3. The highest BCUT2D eigenvalue weighted by Crippen LogP contribution is 2.16. The number of hydrogen-bond acceptors (Lipinski definition) is 4. The topological polar surface area (TPSA) is 47.3 Å². The lowest BCUT2D eigenvalue weighted by molar-refractivity contribution is 0.143. The largest absolute Gasteiger partial charge is 0.379 e. The first-order valence-electron chi connectivity index (χ1n) is 5.43. The molecule has 0 aliphatic rings. The van der Waals surface area contributed by atoms with Gasteiger partial charge in [0.25, 0.3) is 0 Å². The number of thiophene rings is 1. The van der Waals surface area contributed by atoms with Crippen LogP contribution in [0.5, 0.6) is 0 Å². The number of hydrogen-bond donors (Lipinski definition) is 2. The van der Waals surface area contributed by atoms with Crippen molar-refractivity contribution in [1.29, 1.82) is 0 Å². The van der Waals surface area contributed by atoms with Gasteiger partial charge in [-0.15, -0.1) is 11.3 Å². The quantitative estimate of drug-likeness (QED) is 0.661. The van der Waals surface area contributed by atoms with E-state index in [1.54, 1.807) is 0 Å². The first-order valence-corrected chi connectivity index (χ1v) is 6.24. The third-order valence-corrected chi connectivity index (χ3v) is 3.28. The fourth-order valence-electron chi connectivity index (χ4n) is 1.25. The summed E-state index contributed by atoms with van der Waals surface area (Å²) in [5.41, 5.74) is 5.31. The zero-order valence-electron chi connectivity index (χ0n) is 9.29. The summed E-state index contributed by atoms with van der Waals surface area (Å²) < 4.78 is 5.26. The van der Waals surface area contributed by atoms with E-state index < -0.39 is 0 Å². The summed E-state index contributed by atoms with van der Waals surface area (Å²) in [7, 11) is 0. The third-order valence-electron chi connectivity index (χ3n) is 2.05. The lowest BCUT2D eigenvalue weighted by Crippen LogP contribution is -2.20. The first kappa shape index (κ1) is 12.6. The highest BCUT2D eigenvalue weighted by Gasteiger charge is 1.97. The molecular weight excluding hydrogens is 208 g/mol. The molecule has 4 heteroatoms. The molecule has 0 aliphatic heterocycles. The van der Waals surface area contributed by atoms with Crippen LogP contribution in [0.25, 0.3) is 0 Å². The maximum atomic E-state index is 5.31. The smallest absolute Gasteiger partial charge is 0.0591 e. The Kier molecular flexibility index (Phi) is 6.59. The predicted octanol–water partition coefficient (Wildman–Crippen LogP) is 1.38. The molecule has 3 nitrogen and oxygen atoms in total. The minimum atomic E-state index is 0.602. The van der Waals surface area contributed by atoms with Crippen LogP contribution in [0, 0.1) is 0 Å². The molecule has 86 valence electrons. The van der Waals surface area contributed by atoms with Gasteiger partial charge in [0.1, 0.15) is 0 Å². The summed E-state index contributed by atoms with van der Waals surface area (Å²) >= 11 is 1.88. The van der Waals surface area contributed by atoms with Crippen LogP contribution in [0.15, 0.2) is 12.1 Å². The van der Waals surface area contributed by atoms with Gasteiger partial charge in [-0.3, -0.25) is 0 Å². The van der Waals surface area contributed by atoms with Crippen LogP contribution in [0.2, 0.25) is 0 Å². The van der Waals surface area contributed by atoms with Crippen molar-refractivity contribution in [3.63, 3.8) is 0 Å². The fourth-order valence-corrected chi connectivity index (χ4v) is 2.18. The van der Waals surface area contributed by atoms with E-state index in [2.05, 4.69) is 24.4 Å². The van der Waals surface area contributed by atoms with E-state index in [-0.39, 0.29) is 0 Å². The summed E-state index contributed by atoms with van der Waals surface area (Å²) in [5, 5.41) is 3.34. The molecule has 3 N–H and O–H groups in total. The Morgan fingerprint density at radius 3 is 2.80 bits per heavy atom. The van der Waals surface area contributed by atoms with Crippen molar-refractivity contribution in [3.8, 4) is 0 Å². The van der Waals surface area contributed by atoms with Crippen molar-refractivity contribution in [2.45, 2.75) is 19.9 Å². The zero-order valence-corrected chi connectivity index (χ0v) is 10.1. The zero-order chi connectivity index (χ0) is 10.9. The molecule has 1 rings (SSSR count). The van der Waals surface area contributed by atoms with Crippen molar-refractivity contribution < 1.29 is 4.74 Å². The average Bonchev–Trinajstić information content (AvgIpc) is 2.71. The molecule has 0 amide bonds. The average molecular weight is 228 g/mol.